The third-order valence-electron chi connectivity index (χ3n) is 1.82. The van der Waals surface area contributed by atoms with Crippen molar-refractivity contribution < 1.29 is 18.5 Å². The van der Waals surface area contributed by atoms with Crippen molar-refractivity contribution in [1.29, 1.82) is 0 Å². The fraction of sp³-hybridized carbons (Fsp3) is 1.00. The third kappa shape index (κ3) is 3.23. The molecule has 1 rings (SSSR count). The molecule has 0 aliphatic carbocycles. The minimum atomic E-state index is -3.72. The van der Waals surface area contributed by atoms with Crippen LogP contribution in [0, 0.1) is 0 Å². The molecular formula is C7H15O4P. The zero-order valence-electron chi connectivity index (χ0n) is 7.23. The van der Waals surface area contributed by atoms with Gasteiger partial charge in [-0.1, -0.05) is 13.3 Å². The van der Waals surface area contributed by atoms with Crippen molar-refractivity contribution in [2.45, 2.75) is 38.7 Å². The highest BCUT2D eigenvalue weighted by Gasteiger charge is 2.28. The van der Waals surface area contributed by atoms with Gasteiger partial charge < -0.3 is 4.89 Å². The van der Waals surface area contributed by atoms with Crippen molar-refractivity contribution in [3.05, 3.63) is 0 Å². The van der Waals surface area contributed by atoms with E-state index in [0.29, 0.717) is 6.61 Å². The molecule has 0 radical (unpaired) electrons. The lowest BCUT2D eigenvalue weighted by Gasteiger charge is -2.14. The van der Waals surface area contributed by atoms with Crippen molar-refractivity contribution in [2.24, 2.45) is 0 Å². The molecule has 0 aromatic carbocycles. The fourth-order valence-corrected chi connectivity index (χ4v) is 2.29. The first kappa shape index (κ1) is 10.2. The first-order valence-electron chi connectivity index (χ1n) is 4.30. The Labute approximate surface area is 72.5 Å². The molecule has 0 spiro atoms. The Bertz CT molecular complexity index is 182. The zero-order valence-corrected chi connectivity index (χ0v) is 8.13. The van der Waals surface area contributed by atoms with Crippen LogP contribution in [0.2, 0.25) is 0 Å². The van der Waals surface area contributed by atoms with E-state index in [1.54, 1.807) is 0 Å². The molecule has 72 valence electrons. The molecule has 1 heterocycles. The second-order valence-electron chi connectivity index (χ2n) is 2.96. The van der Waals surface area contributed by atoms with Crippen LogP contribution in [0.1, 0.15) is 32.6 Å². The maximum Gasteiger partial charge on any atom is 0.472 e. The van der Waals surface area contributed by atoms with Gasteiger partial charge in [-0.3, -0.25) is 9.05 Å². The van der Waals surface area contributed by atoms with E-state index in [2.05, 4.69) is 4.52 Å². The van der Waals surface area contributed by atoms with Gasteiger partial charge in [-0.05, 0) is 19.3 Å². The highest BCUT2D eigenvalue weighted by molar-refractivity contribution is 7.47. The largest absolute Gasteiger partial charge is 0.472 e. The molecule has 0 bridgehead atoms. The van der Waals surface area contributed by atoms with Crippen molar-refractivity contribution in [1.82, 2.24) is 0 Å². The van der Waals surface area contributed by atoms with E-state index in [9.17, 15) is 4.57 Å². The summed E-state index contributed by atoms with van der Waals surface area (Å²) in [5.74, 6) is 0. The molecule has 0 amide bonds. The summed E-state index contributed by atoms with van der Waals surface area (Å²) in [6.07, 6.45) is 3.31. The number of rotatable bonds is 2. The van der Waals surface area contributed by atoms with E-state index in [-0.39, 0.29) is 6.10 Å². The van der Waals surface area contributed by atoms with Crippen LogP contribution in [0.4, 0.5) is 0 Å². The Morgan fingerprint density at radius 3 is 3.08 bits per heavy atom. The summed E-state index contributed by atoms with van der Waals surface area (Å²) in [7, 11) is -3.72. The van der Waals surface area contributed by atoms with Crippen LogP contribution >= 0.6 is 7.82 Å². The molecule has 1 aliphatic heterocycles. The Balaban J connectivity index is 2.48. The number of hydrogen-bond acceptors (Lipinski definition) is 3. The molecule has 0 aromatic rings. The summed E-state index contributed by atoms with van der Waals surface area (Å²) in [6, 6.07) is 0. The molecule has 2 unspecified atom stereocenters. The lowest BCUT2D eigenvalue weighted by Crippen LogP contribution is -2.08. The Morgan fingerprint density at radius 2 is 2.42 bits per heavy atom. The molecule has 5 heteroatoms. The second kappa shape index (κ2) is 4.38. The summed E-state index contributed by atoms with van der Waals surface area (Å²) in [5.41, 5.74) is 0. The normalized spacial score (nSPS) is 37.7. The highest BCUT2D eigenvalue weighted by atomic mass is 31.2. The van der Waals surface area contributed by atoms with E-state index >= 15 is 0 Å². The van der Waals surface area contributed by atoms with Gasteiger partial charge in [0.1, 0.15) is 0 Å². The minimum Gasteiger partial charge on any atom is -0.302 e. The standard InChI is InChI=1S/C7H15O4P/c1-2-4-7-5-3-6-10-12(8,9)11-7/h7H,2-6H2,1H3,(H,8,9). The zero-order chi connectivity index (χ0) is 9.03. The molecule has 0 saturated carbocycles. The summed E-state index contributed by atoms with van der Waals surface area (Å²) in [6.45, 7) is 2.35. The lowest BCUT2D eigenvalue weighted by atomic mass is 10.1. The number of phosphoric acid groups is 1. The topological polar surface area (TPSA) is 55.8 Å². The van der Waals surface area contributed by atoms with Crippen molar-refractivity contribution in [3.8, 4) is 0 Å². The predicted molar refractivity (Wildman–Crippen MR) is 44.8 cm³/mol. The average molecular weight is 194 g/mol. The smallest absolute Gasteiger partial charge is 0.302 e. The predicted octanol–water partition coefficient (Wildman–Crippen LogP) is 2.08. The first-order valence-corrected chi connectivity index (χ1v) is 5.79. The van der Waals surface area contributed by atoms with Gasteiger partial charge in [0.2, 0.25) is 0 Å². The van der Waals surface area contributed by atoms with Crippen molar-refractivity contribution in [3.63, 3.8) is 0 Å². The summed E-state index contributed by atoms with van der Waals surface area (Å²) >= 11 is 0. The summed E-state index contributed by atoms with van der Waals surface area (Å²) in [4.78, 5) is 9.06. The van der Waals surface area contributed by atoms with Crippen LogP contribution in [0.15, 0.2) is 0 Å². The van der Waals surface area contributed by atoms with Crippen LogP contribution in [-0.4, -0.2) is 17.6 Å². The van der Waals surface area contributed by atoms with Gasteiger partial charge in [-0.15, -0.1) is 0 Å². The molecule has 0 aromatic heterocycles. The second-order valence-corrected chi connectivity index (χ2v) is 4.37. The third-order valence-corrected chi connectivity index (χ3v) is 2.89. The quantitative estimate of drug-likeness (QED) is 0.684. The average Bonchev–Trinajstić information content (AvgIpc) is 2.11. The van der Waals surface area contributed by atoms with Gasteiger partial charge in [0.05, 0.1) is 12.7 Å². The number of hydrogen-bond donors (Lipinski definition) is 1. The maximum atomic E-state index is 11.1. The monoisotopic (exact) mass is 194 g/mol. The summed E-state index contributed by atoms with van der Waals surface area (Å²) in [5, 5.41) is 0. The molecule has 2 atom stereocenters. The van der Waals surface area contributed by atoms with Gasteiger partial charge >= 0.3 is 7.82 Å². The van der Waals surface area contributed by atoms with Gasteiger partial charge in [0, 0.05) is 0 Å². The molecule has 12 heavy (non-hydrogen) atoms. The molecule has 1 fully saturated rings. The Kier molecular flexibility index (Phi) is 3.72. The van der Waals surface area contributed by atoms with Gasteiger partial charge in [-0.25, -0.2) is 4.57 Å². The van der Waals surface area contributed by atoms with E-state index < -0.39 is 7.82 Å². The summed E-state index contributed by atoms with van der Waals surface area (Å²) < 4.78 is 20.6. The van der Waals surface area contributed by atoms with E-state index in [1.807, 2.05) is 6.92 Å². The van der Waals surface area contributed by atoms with Crippen LogP contribution < -0.4 is 0 Å². The fourth-order valence-electron chi connectivity index (χ4n) is 1.28. The maximum absolute atomic E-state index is 11.1. The number of phosphoric ester groups is 1. The molecule has 1 aliphatic rings. The van der Waals surface area contributed by atoms with Crippen LogP contribution in [-0.2, 0) is 13.6 Å². The van der Waals surface area contributed by atoms with Gasteiger partial charge in [0.15, 0.2) is 0 Å². The van der Waals surface area contributed by atoms with E-state index in [0.717, 1.165) is 25.7 Å². The van der Waals surface area contributed by atoms with Crippen molar-refractivity contribution in [2.75, 3.05) is 6.61 Å². The first-order chi connectivity index (χ1) is 5.64. The Morgan fingerprint density at radius 1 is 1.67 bits per heavy atom. The van der Waals surface area contributed by atoms with Crippen molar-refractivity contribution >= 4 is 7.82 Å². The van der Waals surface area contributed by atoms with Gasteiger partial charge in [-0.2, -0.15) is 0 Å². The van der Waals surface area contributed by atoms with Gasteiger partial charge in [0.25, 0.3) is 0 Å². The SMILES string of the molecule is CCCC1CCCOP(=O)(O)O1. The molecule has 1 saturated heterocycles. The van der Waals surface area contributed by atoms with Crippen LogP contribution in [0.3, 0.4) is 0 Å². The Hall–Kier alpha value is 0.110. The highest BCUT2D eigenvalue weighted by Crippen LogP contribution is 2.47. The van der Waals surface area contributed by atoms with Crippen LogP contribution in [0.25, 0.3) is 0 Å². The van der Waals surface area contributed by atoms with E-state index in [1.165, 1.54) is 0 Å². The van der Waals surface area contributed by atoms with Crippen LogP contribution in [0.5, 0.6) is 0 Å². The lowest BCUT2D eigenvalue weighted by molar-refractivity contribution is 0.123. The molecule has 1 N–H and O–H groups in total. The molecular weight excluding hydrogens is 179 g/mol. The van der Waals surface area contributed by atoms with E-state index in [4.69, 9.17) is 9.42 Å². The minimum absolute atomic E-state index is 0.103. The molecule has 4 nitrogen and oxygen atoms in total.